The van der Waals surface area contributed by atoms with Gasteiger partial charge in [0.25, 0.3) is 0 Å². The summed E-state index contributed by atoms with van der Waals surface area (Å²) >= 11 is 0. The van der Waals surface area contributed by atoms with E-state index in [4.69, 9.17) is 62.3 Å². The molecule has 0 amide bonds. The molecule has 0 rings (SSSR count). The maximum atomic E-state index is 11.4. The van der Waals surface area contributed by atoms with E-state index in [2.05, 4.69) is 6.92 Å². The smallest absolute Gasteiger partial charge is 0.308 e. The number of carbonyl (C=O) groups excluding carboxylic acids is 1. The van der Waals surface area contributed by atoms with Crippen molar-refractivity contribution in [1.82, 2.24) is 0 Å². The third kappa shape index (κ3) is 43.2. The molecule has 0 spiro atoms. The minimum absolute atomic E-state index is 0.0702. The van der Waals surface area contributed by atoms with Gasteiger partial charge in [-0.05, 0) is 6.42 Å². The Hall–Kier alpha value is -1.01. The van der Waals surface area contributed by atoms with E-state index >= 15 is 0 Å². The molecule has 0 saturated carbocycles. The van der Waals surface area contributed by atoms with Gasteiger partial charge in [-0.3, -0.25) is 4.79 Å². The summed E-state index contributed by atoms with van der Waals surface area (Å²) in [6.45, 7) is 11.5. The van der Waals surface area contributed by atoms with Crippen molar-refractivity contribution in [2.75, 3.05) is 145 Å². The number of hydrogen-bond acceptors (Lipinski definition) is 14. The van der Waals surface area contributed by atoms with Crippen molar-refractivity contribution < 1.29 is 67.1 Å². The highest BCUT2D eigenvalue weighted by molar-refractivity contribution is 5.69. The SMILES string of the molecule is CCCCCCCCCCCCOCCOCCOCCOCCOCCOCCOCCOCCOCCOCCC(=O)OCC(O)CO. The summed E-state index contributed by atoms with van der Waals surface area (Å²) in [7, 11) is 0. The highest BCUT2D eigenvalue weighted by Crippen LogP contribution is 2.10. The van der Waals surface area contributed by atoms with Gasteiger partial charge in [0, 0.05) is 6.61 Å². The van der Waals surface area contributed by atoms with Crippen LogP contribution in [-0.2, 0) is 56.9 Å². The molecule has 0 bridgehead atoms. The molecule has 1 unspecified atom stereocenters. The van der Waals surface area contributed by atoms with Gasteiger partial charge in [0.15, 0.2) is 0 Å². The molecule has 1 atom stereocenters. The summed E-state index contributed by atoms with van der Waals surface area (Å²) in [6, 6.07) is 0. The van der Waals surface area contributed by atoms with E-state index in [0.717, 1.165) is 13.0 Å². The largest absolute Gasteiger partial charge is 0.463 e. The van der Waals surface area contributed by atoms with Crippen LogP contribution in [0.4, 0.5) is 0 Å². The molecule has 0 saturated heterocycles. The standard InChI is InChI=1S/C36H72O14/c1-2-3-4-5-6-7-8-9-10-11-13-40-15-17-42-19-21-44-23-25-46-27-29-48-31-32-49-30-28-47-26-24-45-22-20-43-18-16-41-14-12-36(39)50-34-35(38)33-37/h35,37-38H,2-34H2,1H3. The lowest BCUT2D eigenvalue weighted by atomic mass is 10.1. The summed E-state index contributed by atoms with van der Waals surface area (Å²) in [6.07, 6.45) is 12.4. The molecule has 14 nitrogen and oxygen atoms in total. The molecule has 14 heteroatoms. The Balaban J connectivity index is 3.09. The van der Waals surface area contributed by atoms with Crippen LogP contribution in [0.5, 0.6) is 0 Å². The van der Waals surface area contributed by atoms with E-state index in [1.54, 1.807) is 0 Å². The Kier molecular flexibility index (Phi) is 43.3. The normalized spacial score (nSPS) is 12.1. The van der Waals surface area contributed by atoms with Crippen LogP contribution >= 0.6 is 0 Å². The molecule has 0 fully saturated rings. The van der Waals surface area contributed by atoms with Gasteiger partial charge in [-0.25, -0.2) is 0 Å². The van der Waals surface area contributed by atoms with E-state index in [1.807, 2.05) is 0 Å². The summed E-state index contributed by atoms with van der Waals surface area (Å²) in [4.78, 5) is 11.4. The van der Waals surface area contributed by atoms with Gasteiger partial charge in [0.1, 0.15) is 12.7 Å². The van der Waals surface area contributed by atoms with Crippen molar-refractivity contribution in [1.29, 1.82) is 0 Å². The average Bonchev–Trinajstić information content (AvgIpc) is 3.13. The lowest BCUT2D eigenvalue weighted by Gasteiger charge is -2.09. The van der Waals surface area contributed by atoms with Gasteiger partial charge in [-0.2, -0.15) is 0 Å². The molecule has 300 valence electrons. The molecule has 0 aliphatic heterocycles. The zero-order valence-corrected chi connectivity index (χ0v) is 31.2. The first-order chi connectivity index (χ1) is 24.7. The minimum atomic E-state index is -1.06. The third-order valence-corrected chi connectivity index (χ3v) is 7.09. The minimum Gasteiger partial charge on any atom is -0.463 e. The highest BCUT2D eigenvalue weighted by Gasteiger charge is 2.07. The fourth-order valence-electron chi connectivity index (χ4n) is 4.24. The predicted octanol–water partition coefficient (Wildman–Crippen LogP) is 3.36. The van der Waals surface area contributed by atoms with Crippen LogP contribution in [0.3, 0.4) is 0 Å². The summed E-state index contributed by atoms with van der Waals surface area (Å²) in [5.41, 5.74) is 0. The van der Waals surface area contributed by atoms with E-state index in [-0.39, 0.29) is 19.6 Å². The van der Waals surface area contributed by atoms with Crippen LogP contribution in [0.1, 0.15) is 77.6 Å². The number of carbonyl (C=O) groups is 1. The number of hydrogen-bond donors (Lipinski definition) is 2. The molecule has 0 aliphatic rings. The van der Waals surface area contributed by atoms with Crippen LogP contribution in [-0.4, -0.2) is 168 Å². The average molecular weight is 729 g/mol. The molecule has 0 aromatic carbocycles. The predicted molar refractivity (Wildman–Crippen MR) is 189 cm³/mol. The van der Waals surface area contributed by atoms with Gasteiger partial charge in [0.05, 0.1) is 139 Å². The zero-order chi connectivity index (χ0) is 36.3. The summed E-state index contributed by atoms with van der Waals surface area (Å²) in [5, 5.41) is 17.8. The molecular formula is C36H72O14. The van der Waals surface area contributed by atoms with Gasteiger partial charge >= 0.3 is 5.97 Å². The number of aliphatic hydroxyl groups excluding tert-OH is 2. The Morgan fingerprint density at radius 3 is 1.02 bits per heavy atom. The van der Waals surface area contributed by atoms with Crippen LogP contribution in [0.25, 0.3) is 0 Å². The number of unbranched alkanes of at least 4 members (excludes halogenated alkanes) is 9. The van der Waals surface area contributed by atoms with Crippen molar-refractivity contribution >= 4 is 5.97 Å². The van der Waals surface area contributed by atoms with E-state index in [0.29, 0.717) is 119 Å². The maximum Gasteiger partial charge on any atom is 0.308 e. The van der Waals surface area contributed by atoms with Crippen molar-refractivity contribution in [3.63, 3.8) is 0 Å². The Morgan fingerprint density at radius 1 is 0.420 bits per heavy atom. The molecule has 50 heavy (non-hydrogen) atoms. The second-order valence-electron chi connectivity index (χ2n) is 11.6. The van der Waals surface area contributed by atoms with Crippen LogP contribution in [0.2, 0.25) is 0 Å². The third-order valence-electron chi connectivity index (χ3n) is 7.09. The molecule has 0 heterocycles. The molecule has 0 aromatic heterocycles. The Bertz CT molecular complexity index is 646. The Morgan fingerprint density at radius 2 is 0.700 bits per heavy atom. The lowest BCUT2D eigenvalue weighted by molar-refractivity contribution is -0.148. The first-order valence-corrected chi connectivity index (χ1v) is 18.9. The second-order valence-corrected chi connectivity index (χ2v) is 11.6. The quantitative estimate of drug-likeness (QED) is 0.0695. The van der Waals surface area contributed by atoms with Gasteiger partial charge in [-0.15, -0.1) is 0 Å². The topological polar surface area (TPSA) is 159 Å². The van der Waals surface area contributed by atoms with Crippen LogP contribution < -0.4 is 0 Å². The summed E-state index contributed by atoms with van der Waals surface area (Å²) in [5.74, 6) is -0.492. The lowest BCUT2D eigenvalue weighted by Crippen LogP contribution is -2.22. The Labute approximate surface area is 302 Å². The molecule has 2 N–H and O–H groups in total. The number of esters is 1. The van der Waals surface area contributed by atoms with Crippen molar-refractivity contribution in [2.24, 2.45) is 0 Å². The molecule has 0 radical (unpaired) electrons. The highest BCUT2D eigenvalue weighted by atomic mass is 16.6. The van der Waals surface area contributed by atoms with E-state index in [9.17, 15) is 4.79 Å². The number of aliphatic hydroxyl groups is 2. The molecule has 0 aliphatic carbocycles. The van der Waals surface area contributed by atoms with Crippen molar-refractivity contribution in [3.05, 3.63) is 0 Å². The van der Waals surface area contributed by atoms with Gasteiger partial charge in [-0.1, -0.05) is 64.7 Å². The first kappa shape index (κ1) is 49.0. The summed E-state index contributed by atoms with van der Waals surface area (Å²) < 4.78 is 59.5. The van der Waals surface area contributed by atoms with Crippen molar-refractivity contribution in [3.8, 4) is 0 Å². The second kappa shape index (κ2) is 44.2. The van der Waals surface area contributed by atoms with E-state index in [1.165, 1.54) is 57.8 Å². The number of ether oxygens (including phenoxy) is 11. The van der Waals surface area contributed by atoms with Gasteiger partial charge in [0.2, 0.25) is 0 Å². The van der Waals surface area contributed by atoms with Crippen LogP contribution in [0, 0.1) is 0 Å². The number of rotatable bonds is 44. The molecular weight excluding hydrogens is 656 g/mol. The maximum absolute atomic E-state index is 11.4. The van der Waals surface area contributed by atoms with Gasteiger partial charge < -0.3 is 62.3 Å². The fourth-order valence-corrected chi connectivity index (χ4v) is 4.24. The fraction of sp³-hybridized carbons (Fsp3) is 0.972. The zero-order valence-electron chi connectivity index (χ0n) is 31.2. The first-order valence-electron chi connectivity index (χ1n) is 18.9. The van der Waals surface area contributed by atoms with Crippen LogP contribution in [0.15, 0.2) is 0 Å². The van der Waals surface area contributed by atoms with Crippen molar-refractivity contribution in [2.45, 2.75) is 83.7 Å². The monoisotopic (exact) mass is 728 g/mol. The van der Waals surface area contributed by atoms with E-state index < -0.39 is 18.7 Å². The molecule has 0 aromatic rings.